The lowest BCUT2D eigenvalue weighted by Gasteiger charge is -2.27. The average molecular weight is 537 g/mol. The van der Waals surface area contributed by atoms with Crippen LogP contribution in [0.2, 0.25) is 5.02 Å². The number of Topliss-reactive ketones (excluding diaryl/α,β-unsaturated/α-hetero) is 2. The molecule has 2 saturated heterocycles. The van der Waals surface area contributed by atoms with Crippen molar-refractivity contribution in [1.82, 2.24) is 0 Å². The zero-order chi connectivity index (χ0) is 23.8. The summed E-state index contributed by atoms with van der Waals surface area (Å²) in [5.41, 5.74) is -0.823. The SMILES string of the molecule is O=C1[C@@H]2[C@H](c3cccc(Cl)c3)OC3(C(=O)c4ccccc4C3=O)[C@H]2C(=O)N1c1ccc(Br)cc1. The van der Waals surface area contributed by atoms with Gasteiger partial charge >= 0.3 is 0 Å². The van der Waals surface area contributed by atoms with Crippen molar-refractivity contribution in [3.63, 3.8) is 0 Å². The number of ketones is 2. The molecule has 3 aromatic rings. The summed E-state index contributed by atoms with van der Waals surface area (Å²) in [6.07, 6.45) is -0.997. The van der Waals surface area contributed by atoms with Gasteiger partial charge in [-0.3, -0.25) is 19.2 Å². The van der Waals surface area contributed by atoms with E-state index >= 15 is 0 Å². The predicted molar refractivity (Wildman–Crippen MR) is 127 cm³/mol. The van der Waals surface area contributed by atoms with Crippen LogP contribution in [-0.4, -0.2) is 29.0 Å². The lowest BCUT2D eigenvalue weighted by Crippen LogP contribution is -2.51. The van der Waals surface area contributed by atoms with Crippen molar-refractivity contribution < 1.29 is 23.9 Å². The summed E-state index contributed by atoms with van der Waals surface area (Å²) < 4.78 is 7.02. The van der Waals surface area contributed by atoms with Gasteiger partial charge in [0.05, 0.1) is 23.6 Å². The summed E-state index contributed by atoms with van der Waals surface area (Å²) in [4.78, 5) is 56.0. The zero-order valence-corrected chi connectivity index (χ0v) is 19.7. The van der Waals surface area contributed by atoms with Gasteiger partial charge in [-0.25, -0.2) is 4.90 Å². The van der Waals surface area contributed by atoms with Crippen molar-refractivity contribution in [3.8, 4) is 0 Å². The fraction of sp³-hybridized carbons (Fsp3) is 0.154. The summed E-state index contributed by atoms with van der Waals surface area (Å²) in [6.45, 7) is 0. The van der Waals surface area contributed by atoms with Crippen LogP contribution in [0.3, 0.4) is 0 Å². The number of carbonyl (C=O) groups is 4. The number of hydrogen-bond donors (Lipinski definition) is 0. The van der Waals surface area contributed by atoms with Crippen LogP contribution in [0.4, 0.5) is 5.69 Å². The van der Waals surface area contributed by atoms with Gasteiger partial charge in [0.15, 0.2) is 0 Å². The van der Waals surface area contributed by atoms with E-state index in [1.807, 2.05) is 0 Å². The number of rotatable bonds is 2. The number of imide groups is 1. The number of halogens is 2. The molecule has 0 aromatic heterocycles. The van der Waals surface area contributed by atoms with Crippen LogP contribution < -0.4 is 4.90 Å². The van der Waals surface area contributed by atoms with Gasteiger partial charge < -0.3 is 4.74 Å². The Kier molecular flexibility index (Phi) is 4.68. The third kappa shape index (κ3) is 2.72. The number of hydrogen-bond acceptors (Lipinski definition) is 5. The molecule has 2 fully saturated rings. The highest BCUT2D eigenvalue weighted by Crippen LogP contribution is 2.57. The van der Waals surface area contributed by atoms with Crippen molar-refractivity contribution in [2.24, 2.45) is 11.8 Å². The Hall–Kier alpha value is -3.13. The first-order chi connectivity index (χ1) is 16.3. The van der Waals surface area contributed by atoms with Crippen LogP contribution >= 0.6 is 27.5 Å². The van der Waals surface area contributed by atoms with Gasteiger partial charge in [-0.2, -0.15) is 0 Å². The third-order valence-corrected chi connectivity index (χ3v) is 7.54. The van der Waals surface area contributed by atoms with Crippen LogP contribution in [0.1, 0.15) is 32.4 Å². The Morgan fingerprint density at radius 3 is 2.09 bits per heavy atom. The maximum atomic E-state index is 13.8. The number of amides is 2. The quantitative estimate of drug-likeness (QED) is 0.347. The molecule has 6 nitrogen and oxygen atoms in total. The fourth-order valence-electron chi connectivity index (χ4n) is 5.35. The van der Waals surface area contributed by atoms with E-state index in [9.17, 15) is 19.2 Å². The van der Waals surface area contributed by atoms with Crippen molar-refractivity contribution in [3.05, 3.63) is 99.0 Å². The molecule has 34 heavy (non-hydrogen) atoms. The Balaban J connectivity index is 1.55. The second kappa shape index (κ2) is 7.43. The van der Waals surface area contributed by atoms with Gasteiger partial charge in [-0.1, -0.05) is 63.9 Å². The Labute approximate surface area is 207 Å². The molecule has 0 unspecified atom stereocenters. The monoisotopic (exact) mass is 535 g/mol. The first-order valence-corrected chi connectivity index (χ1v) is 11.8. The summed E-state index contributed by atoms with van der Waals surface area (Å²) in [5, 5.41) is 0.410. The van der Waals surface area contributed by atoms with Gasteiger partial charge in [0, 0.05) is 20.6 Å². The number of ether oxygens (including phenoxy) is 1. The van der Waals surface area contributed by atoms with E-state index in [1.54, 1.807) is 72.8 Å². The van der Waals surface area contributed by atoms with Crippen LogP contribution in [0.25, 0.3) is 0 Å². The molecule has 3 aromatic carbocycles. The standard InChI is InChI=1S/C26H15BrClNO5/c27-14-8-10-16(11-9-14)29-24(32)19-20(25(29)33)26(34-21(19)13-4-3-5-15(28)12-13)22(30)17-6-1-2-7-18(17)23(26)31/h1-12,19-21H/t19-,20+,21-/m0/s1. The molecule has 0 bridgehead atoms. The largest absolute Gasteiger partial charge is 0.349 e. The molecule has 168 valence electrons. The molecular formula is C26H15BrClNO5. The number of anilines is 1. The Morgan fingerprint density at radius 1 is 0.824 bits per heavy atom. The molecule has 0 radical (unpaired) electrons. The minimum Gasteiger partial charge on any atom is -0.349 e. The van der Waals surface area contributed by atoms with E-state index in [0.717, 1.165) is 9.37 Å². The second-order valence-electron chi connectivity index (χ2n) is 8.52. The molecule has 6 rings (SSSR count). The van der Waals surface area contributed by atoms with Crippen LogP contribution in [0, 0.1) is 11.8 Å². The molecular weight excluding hydrogens is 522 g/mol. The molecule has 1 spiro atoms. The van der Waals surface area contributed by atoms with Gasteiger partial charge in [0.1, 0.15) is 0 Å². The van der Waals surface area contributed by atoms with Gasteiger partial charge in [-0.05, 0) is 42.0 Å². The summed E-state index contributed by atoms with van der Waals surface area (Å²) >= 11 is 9.55. The van der Waals surface area contributed by atoms with Crippen molar-refractivity contribution >= 4 is 56.6 Å². The first-order valence-electron chi connectivity index (χ1n) is 10.6. The van der Waals surface area contributed by atoms with E-state index in [0.29, 0.717) is 16.3 Å². The van der Waals surface area contributed by atoms with Crippen LogP contribution in [-0.2, 0) is 14.3 Å². The lowest BCUT2D eigenvalue weighted by molar-refractivity contribution is -0.127. The lowest BCUT2D eigenvalue weighted by atomic mass is 9.77. The Morgan fingerprint density at radius 2 is 1.47 bits per heavy atom. The highest BCUT2D eigenvalue weighted by atomic mass is 79.9. The third-order valence-electron chi connectivity index (χ3n) is 6.78. The minimum atomic E-state index is -2.10. The molecule has 2 aliphatic heterocycles. The highest BCUT2D eigenvalue weighted by molar-refractivity contribution is 9.10. The van der Waals surface area contributed by atoms with E-state index in [1.165, 1.54) is 0 Å². The molecule has 3 atom stereocenters. The van der Waals surface area contributed by atoms with E-state index < -0.39 is 46.9 Å². The average Bonchev–Trinajstić information content (AvgIpc) is 3.40. The van der Waals surface area contributed by atoms with E-state index in [-0.39, 0.29) is 11.1 Å². The van der Waals surface area contributed by atoms with Gasteiger partial charge in [0.2, 0.25) is 29.0 Å². The van der Waals surface area contributed by atoms with Crippen LogP contribution in [0.5, 0.6) is 0 Å². The van der Waals surface area contributed by atoms with E-state index in [2.05, 4.69) is 15.9 Å². The summed E-state index contributed by atoms with van der Waals surface area (Å²) in [7, 11) is 0. The number of carbonyl (C=O) groups excluding carboxylic acids is 4. The van der Waals surface area contributed by atoms with Crippen molar-refractivity contribution in [2.75, 3.05) is 4.90 Å². The maximum absolute atomic E-state index is 13.8. The summed E-state index contributed by atoms with van der Waals surface area (Å²) in [5.74, 6) is -4.68. The summed E-state index contributed by atoms with van der Waals surface area (Å²) in [6, 6.07) is 19.8. The fourth-order valence-corrected chi connectivity index (χ4v) is 5.81. The van der Waals surface area contributed by atoms with Gasteiger partial charge in [-0.15, -0.1) is 0 Å². The topological polar surface area (TPSA) is 80.8 Å². The highest BCUT2D eigenvalue weighted by Gasteiger charge is 2.74. The maximum Gasteiger partial charge on any atom is 0.241 e. The minimum absolute atomic E-state index is 0.195. The normalized spacial score (nSPS) is 24.8. The number of benzene rings is 3. The first kappa shape index (κ1) is 21.4. The molecule has 2 amide bonds. The molecule has 8 heteroatoms. The molecule has 0 N–H and O–H groups in total. The van der Waals surface area contributed by atoms with Gasteiger partial charge in [0.25, 0.3) is 0 Å². The molecule has 0 saturated carbocycles. The predicted octanol–water partition coefficient (Wildman–Crippen LogP) is 4.80. The second-order valence-corrected chi connectivity index (χ2v) is 9.88. The molecule has 3 aliphatic rings. The molecule has 1 aliphatic carbocycles. The van der Waals surface area contributed by atoms with E-state index in [4.69, 9.17) is 16.3 Å². The Bertz CT molecular complexity index is 1380. The zero-order valence-electron chi connectivity index (χ0n) is 17.4. The van der Waals surface area contributed by atoms with Crippen LogP contribution in [0.15, 0.2) is 77.3 Å². The number of nitrogens with zero attached hydrogens (tertiary/aromatic N) is 1. The smallest absolute Gasteiger partial charge is 0.241 e. The van der Waals surface area contributed by atoms with Crippen molar-refractivity contribution in [2.45, 2.75) is 11.7 Å². The molecule has 2 heterocycles. The number of fused-ring (bicyclic) bond motifs is 3. The van der Waals surface area contributed by atoms with Crippen molar-refractivity contribution in [1.29, 1.82) is 0 Å².